The normalized spacial score (nSPS) is 14.6. The van der Waals surface area contributed by atoms with Crippen LogP contribution in [0.2, 0.25) is 0 Å². The first-order valence-corrected chi connectivity index (χ1v) is 5.00. The second kappa shape index (κ2) is 7.62. The van der Waals surface area contributed by atoms with Gasteiger partial charge >= 0.3 is 6.16 Å². The largest absolute Gasteiger partial charge is 0.508 e. The standard InChI is InChI=1S/C10H20O4/c1-4-8(2)6-13-10(12)14-7-9(3)5-11/h8-9,11H,4-7H2,1-3H3. The van der Waals surface area contributed by atoms with Gasteiger partial charge in [-0.05, 0) is 5.92 Å². The van der Waals surface area contributed by atoms with Gasteiger partial charge in [0.05, 0.1) is 13.2 Å². The number of carbonyl (C=O) groups excluding carboxylic acids is 1. The minimum Gasteiger partial charge on any atom is -0.434 e. The highest BCUT2D eigenvalue weighted by atomic mass is 16.7. The smallest absolute Gasteiger partial charge is 0.434 e. The van der Waals surface area contributed by atoms with Gasteiger partial charge in [-0.2, -0.15) is 0 Å². The van der Waals surface area contributed by atoms with Crippen LogP contribution in [-0.2, 0) is 9.47 Å². The van der Waals surface area contributed by atoms with Crippen molar-refractivity contribution in [3.05, 3.63) is 0 Å². The molecule has 2 unspecified atom stereocenters. The Morgan fingerprint density at radius 3 is 2.14 bits per heavy atom. The summed E-state index contributed by atoms with van der Waals surface area (Å²) in [6.07, 6.45) is 0.325. The van der Waals surface area contributed by atoms with E-state index in [9.17, 15) is 4.79 Å². The van der Waals surface area contributed by atoms with Gasteiger partial charge in [-0.1, -0.05) is 27.2 Å². The van der Waals surface area contributed by atoms with Crippen LogP contribution in [0.5, 0.6) is 0 Å². The third-order valence-corrected chi connectivity index (χ3v) is 1.98. The SMILES string of the molecule is CCC(C)COC(=O)OCC(C)CO. The van der Waals surface area contributed by atoms with Crippen LogP contribution in [0.25, 0.3) is 0 Å². The topological polar surface area (TPSA) is 55.8 Å². The molecule has 0 aromatic rings. The summed E-state index contributed by atoms with van der Waals surface area (Å²) in [5.41, 5.74) is 0. The highest BCUT2D eigenvalue weighted by Gasteiger charge is 2.08. The van der Waals surface area contributed by atoms with Gasteiger partial charge in [-0.3, -0.25) is 0 Å². The average molecular weight is 204 g/mol. The first-order valence-electron chi connectivity index (χ1n) is 5.00. The molecular formula is C10H20O4. The molecule has 0 spiro atoms. The molecule has 1 N–H and O–H groups in total. The summed E-state index contributed by atoms with van der Waals surface area (Å²) in [5.74, 6) is 0.323. The Hall–Kier alpha value is -0.770. The molecule has 0 aliphatic rings. The molecule has 2 atom stereocenters. The van der Waals surface area contributed by atoms with Gasteiger partial charge in [-0.25, -0.2) is 4.79 Å². The number of aliphatic hydroxyl groups is 1. The lowest BCUT2D eigenvalue weighted by molar-refractivity contribution is 0.0312. The van der Waals surface area contributed by atoms with Gasteiger partial charge in [0, 0.05) is 12.5 Å². The Bertz CT molecular complexity index is 142. The molecule has 4 heteroatoms. The van der Waals surface area contributed by atoms with E-state index in [0.717, 1.165) is 6.42 Å². The Balaban J connectivity index is 3.46. The quantitative estimate of drug-likeness (QED) is 0.670. The maximum absolute atomic E-state index is 11.0. The highest BCUT2D eigenvalue weighted by molar-refractivity contribution is 5.59. The van der Waals surface area contributed by atoms with Gasteiger partial charge in [0.1, 0.15) is 0 Å². The molecule has 0 aromatic carbocycles. The van der Waals surface area contributed by atoms with E-state index in [1.54, 1.807) is 6.92 Å². The maximum Gasteiger partial charge on any atom is 0.508 e. The molecule has 0 fully saturated rings. The zero-order valence-electron chi connectivity index (χ0n) is 9.16. The van der Waals surface area contributed by atoms with E-state index in [2.05, 4.69) is 0 Å². The van der Waals surface area contributed by atoms with Gasteiger partial charge < -0.3 is 14.6 Å². The Labute approximate surface area is 85.2 Å². The van der Waals surface area contributed by atoms with Crippen molar-refractivity contribution in [3.63, 3.8) is 0 Å². The van der Waals surface area contributed by atoms with E-state index in [0.29, 0.717) is 12.5 Å². The molecule has 0 radical (unpaired) electrons. The van der Waals surface area contributed by atoms with Crippen molar-refractivity contribution in [2.45, 2.75) is 27.2 Å². The second-order valence-corrected chi connectivity index (χ2v) is 3.67. The average Bonchev–Trinajstić information content (AvgIpc) is 2.22. The first-order chi connectivity index (χ1) is 6.60. The lowest BCUT2D eigenvalue weighted by atomic mass is 10.1. The van der Waals surface area contributed by atoms with Crippen LogP contribution in [0.4, 0.5) is 4.79 Å². The number of hydrogen-bond acceptors (Lipinski definition) is 4. The molecule has 0 aliphatic carbocycles. The van der Waals surface area contributed by atoms with Gasteiger partial charge in [0.15, 0.2) is 0 Å². The fourth-order valence-corrected chi connectivity index (χ4v) is 0.633. The molecule has 0 saturated heterocycles. The molecule has 0 aliphatic heterocycles. The van der Waals surface area contributed by atoms with Crippen LogP contribution in [-0.4, -0.2) is 31.1 Å². The fourth-order valence-electron chi connectivity index (χ4n) is 0.633. The van der Waals surface area contributed by atoms with Crippen molar-refractivity contribution in [2.75, 3.05) is 19.8 Å². The Morgan fingerprint density at radius 2 is 1.71 bits per heavy atom. The molecule has 0 bridgehead atoms. The van der Waals surface area contributed by atoms with E-state index < -0.39 is 6.16 Å². The number of hydrogen-bond donors (Lipinski definition) is 1. The van der Waals surface area contributed by atoms with Crippen molar-refractivity contribution < 1.29 is 19.4 Å². The van der Waals surface area contributed by atoms with Crippen LogP contribution in [0.1, 0.15) is 27.2 Å². The zero-order chi connectivity index (χ0) is 11.0. The molecule has 0 saturated carbocycles. The fraction of sp³-hybridized carbons (Fsp3) is 0.900. The number of aliphatic hydroxyl groups excluding tert-OH is 1. The monoisotopic (exact) mass is 204 g/mol. The molecule has 0 aromatic heterocycles. The van der Waals surface area contributed by atoms with Crippen molar-refractivity contribution in [2.24, 2.45) is 11.8 Å². The van der Waals surface area contributed by atoms with Crippen LogP contribution in [0.15, 0.2) is 0 Å². The van der Waals surface area contributed by atoms with E-state index in [1.807, 2.05) is 13.8 Å². The maximum atomic E-state index is 11.0. The van der Waals surface area contributed by atoms with Crippen LogP contribution in [0.3, 0.4) is 0 Å². The van der Waals surface area contributed by atoms with Crippen molar-refractivity contribution in [3.8, 4) is 0 Å². The predicted octanol–water partition coefficient (Wildman–Crippen LogP) is 1.81. The summed E-state index contributed by atoms with van der Waals surface area (Å²) >= 11 is 0. The summed E-state index contributed by atoms with van der Waals surface area (Å²) in [6.45, 7) is 6.44. The number of carbonyl (C=O) groups is 1. The lowest BCUT2D eigenvalue weighted by Gasteiger charge is -2.11. The second-order valence-electron chi connectivity index (χ2n) is 3.67. The van der Waals surface area contributed by atoms with Gasteiger partial charge in [-0.15, -0.1) is 0 Å². The van der Waals surface area contributed by atoms with Crippen LogP contribution >= 0.6 is 0 Å². The summed E-state index contributed by atoms with van der Waals surface area (Å²) < 4.78 is 9.62. The molecule has 0 amide bonds. The minimum absolute atomic E-state index is 0.0125. The van der Waals surface area contributed by atoms with E-state index in [-0.39, 0.29) is 19.1 Å². The van der Waals surface area contributed by atoms with Crippen molar-refractivity contribution in [1.29, 1.82) is 0 Å². The van der Waals surface area contributed by atoms with E-state index in [1.165, 1.54) is 0 Å². The molecule has 84 valence electrons. The van der Waals surface area contributed by atoms with Crippen LogP contribution in [0, 0.1) is 11.8 Å². The Morgan fingerprint density at radius 1 is 1.21 bits per heavy atom. The van der Waals surface area contributed by atoms with E-state index in [4.69, 9.17) is 14.6 Å². The summed E-state index contributed by atoms with van der Waals surface area (Å²) in [5, 5.41) is 8.67. The third kappa shape index (κ3) is 6.71. The predicted molar refractivity (Wildman–Crippen MR) is 53.0 cm³/mol. The van der Waals surface area contributed by atoms with Crippen LogP contribution < -0.4 is 0 Å². The van der Waals surface area contributed by atoms with Gasteiger partial charge in [0.2, 0.25) is 0 Å². The molecule has 14 heavy (non-hydrogen) atoms. The van der Waals surface area contributed by atoms with Crippen molar-refractivity contribution >= 4 is 6.16 Å². The molecule has 0 rings (SSSR count). The number of ether oxygens (including phenoxy) is 2. The third-order valence-electron chi connectivity index (χ3n) is 1.98. The molecular weight excluding hydrogens is 184 g/mol. The summed E-state index contributed by atoms with van der Waals surface area (Å²) in [6, 6.07) is 0. The summed E-state index contributed by atoms with van der Waals surface area (Å²) in [7, 11) is 0. The number of rotatable bonds is 6. The lowest BCUT2D eigenvalue weighted by Crippen LogP contribution is -2.17. The van der Waals surface area contributed by atoms with Crippen molar-refractivity contribution in [1.82, 2.24) is 0 Å². The minimum atomic E-state index is -0.648. The molecule has 0 heterocycles. The molecule has 4 nitrogen and oxygen atoms in total. The first kappa shape index (κ1) is 13.2. The summed E-state index contributed by atoms with van der Waals surface area (Å²) in [4.78, 5) is 11.0. The highest BCUT2D eigenvalue weighted by Crippen LogP contribution is 2.02. The zero-order valence-corrected chi connectivity index (χ0v) is 9.16. The Kier molecular flexibility index (Phi) is 7.20. The van der Waals surface area contributed by atoms with E-state index >= 15 is 0 Å². The van der Waals surface area contributed by atoms with Gasteiger partial charge in [0.25, 0.3) is 0 Å².